The third-order valence-electron chi connectivity index (χ3n) is 4.78. The van der Waals surface area contributed by atoms with Crippen LogP contribution in [0.15, 0.2) is 41.9 Å². The van der Waals surface area contributed by atoms with E-state index in [-0.39, 0.29) is 27.3 Å². The van der Waals surface area contributed by atoms with Crippen LogP contribution in [0.3, 0.4) is 0 Å². The summed E-state index contributed by atoms with van der Waals surface area (Å²) in [5.74, 6) is 0. The van der Waals surface area contributed by atoms with Gasteiger partial charge in [0.2, 0.25) is 0 Å². The Bertz CT molecular complexity index is 1150. The number of nitrogens with zero attached hydrogens (tertiary/aromatic N) is 7. The summed E-state index contributed by atoms with van der Waals surface area (Å²) in [4.78, 5) is 15.8. The van der Waals surface area contributed by atoms with E-state index in [1.165, 1.54) is 23.4 Å². The van der Waals surface area contributed by atoms with Crippen molar-refractivity contribution in [2.24, 2.45) is 4.99 Å². The molecule has 7 nitrogen and oxygen atoms in total. The SMILES string of the molecule is N#Cc1nc(C2CC(c3cc(Cl)nc(Cl)c3)(C(F)(F)F)C=N2)ccc1-n1cncn1. The first kappa shape index (κ1) is 20.3. The van der Waals surface area contributed by atoms with Gasteiger partial charge in [0.15, 0.2) is 5.69 Å². The highest BCUT2D eigenvalue weighted by molar-refractivity contribution is 6.32. The molecule has 0 fully saturated rings. The average molecular weight is 452 g/mol. The highest BCUT2D eigenvalue weighted by atomic mass is 35.5. The molecule has 2 atom stereocenters. The Morgan fingerprint density at radius 3 is 2.50 bits per heavy atom. The Morgan fingerprint density at radius 2 is 1.90 bits per heavy atom. The van der Waals surface area contributed by atoms with E-state index in [2.05, 4.69) is 25.0 Å². The van der Waals surface area contributed by atoms with Gasteiger partial charge in [-0.05, 0) is 36.2 Å². The fourth-order valence-electron chi connectivity index (χ4n) is 3.33. The van der Waals surface area contributed by atoms with Crippen molar-refractivity contribution < 1.29 is 13.2 Å². The maximum absolute atomic E-state index is 14.2. The lowest BCUT2D eigenvalue weighted by Gasteiger charge is -2.30. The molecule has 2 unspecified atom stereocenters. The summed E-state index contributed by atoms with van der Waals surface area (Å²) in [5, 5.41) is 13.1. The van der Waals surface area contributed by atoms with Gasteiger partial charge in [-0.1, -0.05) is 23.2 Å². The van der Waals surface area contributed by atoms with Crippen molar-refractivity contribution in [1.29, 1.82) is 5.26 Å². The molecule has 1 aliphatic rings. The van der Waals surface area contributed by atoms with Gasteiger partial charge in [0.25, 0.3) is 0 Å². The molecule has 4 rings (SSSR count). The third-order valence-corrected chi connectivity index (χ3v) is 5.17. The predicted octanol–water partition coefficient (Wildman–Crippen LogP) is 4.25. The van der Waals surface area contributed by atoms with Crippen molar-refractivity contribution in [2.75, 3.05) is 0 Å². The zero-order valence-corrected chi connectivity index (χ0v) is 16.4. The summed E-state index contributed by atoms with van der Waals surface area (Å²) in [7, 11) is 0. The summed E-state index contributed by atoms with van der Waals surface area (Å²) >= 11 is 11.7. The molecule has 4 heterocycles. The van der Waals surface area contributed by atoms with Gasteiger partial charge >= 0.3 is 6.18 Å². The normalized spacial score (nSPS) is 21.0. The van der Waals surface area contributed by atoms with Gasteiger partial charge < -0.3 is 0 Å². The maximum atomic E-state index is 14.2. The summed E-state index contributed by atoms with van der Waals surface area (Å²) < 4.78 is 43.8. The number of alkyl halides is 3. The van der Waals surface area contributed by atoms with Gasteiger partial charge in [0.05, 0.1) is 11.7 Å². The number of halogens is 5. The van der Waals surface area contributed by atoms with Gasteiger partial charge in [-0.25, -0.2) is 19.6 Å². The molecule has 12 heteroatoms. The number of aromatic nitrogens is 5. The first-order valence-electron chi connectivity index (χ1n) is 8.44. The van der Waals surface area contributed by atoms with E-state index in [9.17, 15) is 18.4 Å². The minimum absolute atomic E-state index is 0.00675. The number of pyridine rings is 2. The van der Waals surface area contributed by atoms with Gasteiger partial charge in [-0.15, -0.1) is 0 Å². The summed E-state index contributed by atoms with van der Waals surface area (Å²) in [5.41, 5.74) is -1.99. The van der Waals surface area contributed by atoms with Gasteiger partial charge in [0, 0.05) is 6.21 Å². The van der Waals surface area contributed by atoms with Crippen LogP contribution in [0, 0.1) is 11.3 Å². The minimum Gasteiger partial charge on any atom is -0.286 e. The quantitative estimate of drug-likeness (QED) is 0.554. The molecule has 0 amide bonds. The highest BCUT2D eigenvalue weighted by Gasteiger charge is 2.58. The van der Waals surface area contributed by atoms with Gasteiger partial charge in [0.1, 0.15) is 40.1 Å². The summed E-state index contributed by atoms with van der Waals surface area (Å²) in [6.07, 6.45) is -1.60. The summed E-state index contributed by atoms with van der Waals surface area (Å²) in [6.45, 7) is 0. The van der Waals surface area contributed by atoms with Crippen molar-refractivity contribution in [3.63, 3.8) is 0 Å². The molecule has 0 saturated heterocycles. The van der Waals surface area contributed by atoms with E-state index < -0.39 is 24.1 Å². The molecule has 30 heavy (non-hydrogen) atoms. The molecule has 1 aliphatic heterocycles. The van der Waals surface area contributed by atoms with Crippen LogP contribution >= 0.6 is 23.2 Å². The monoisotopic (exact) mass is 451 g/mol. The number of nitriles is 1. The highest BCUT2D eigenvalue weighted by Crippen LogP contribution is 2.50. The largest absolute Gasteiger partial charge is 0.403 e. The van der Waals surface area contributed by atoms with Crippen LogP contribution in [0.25, 0.3) is 5.69 Å². The van der Waals surface area contributed by atoms with Crippen molar-refractivity contribution in [3.05, 3.63) is 64.2 Å². The molecule has 0 aliphatic carbocycles. The number of rotatable bonds is 3. The first-order chi connectivity index (χ1) is 14.2. The van der Waals surface area contributed by atoms with Gasteiger partial charge in [-0.2, -0.15) is 23.5 Å². The van der Waals surface area contributed by atoms with Crippen molar-refractivity contribution in [1.82, 2.24) is 24.7 Å². The number of hydrogen-bond acceptors (Lipinski definition) is 6. The van der Waals surface area contributed by atoms with Crippen LogP contribution in [0.1, 0.15) is 29.4 Å². The van der Waals surface area contributed by atoms with E-state index in [0.717, 1.165) is 18.3 Å². The molecular weight excluding hydrogens is 442 g/mol. The molecule has 0 aromatic carbocycles. The molecule has 0 saturated carbocycles. The number of hydrogen-bond donors (Lipinski definition) is 0. The molecule has 0 spiro atoms. The molecule has 152 valence electrons. The third kappa shape index (κ3) is 3.40. The maximum Gasteiger partial charge on any atom is 0.403 e. The lowest BCUT2D eigenvalue weighted by molar-refractivity contribution is -0.168. The van der Waals surface area contributed by atoms with Crippen LogP contribution < -0.4 is 0 Å². The Balaban J connectivity index is 1.74. The minimum atomic E-state index is -4.67. The van der Waals surface area contributed by atoms with Crippen LogP contribution in [0.4, 0.5) is 13.2 Å². The Hall–Kier alpha value is -3.03. The second-order valence-corrected chi connectivity index (χ2v) is 7.30. The molecule has 3 aromatic rings. The van der Waals surface area contributed by atoms with Crippen molar-refractivity contribution in [3.8, 4) is 11.8 Å². The van der Waals surface area contributed by atoms with E-state index in [1.807, 2.05) is 6.07 Å². The molecule has 0 radical (unpaired) electrons. The molecule has 0 N–H and O–H groups in total. The van der Waals surface area contributed by atoms with Crippen LogP contribution in [-0.2, 0) is 5.41 Å². The Morgan fingerprint density at radius 1 is 1.17 bits per heavy atom. The predicted molar refractivity (Wildman–Crippen MR) is 102 cm³/mol. The van der Waals surface area contributed by atoms with E-state index >= 15 is 0 Å². The standard InChI is InChI=1S/C18H10Cl2F3N7/c19-15-3-10(4-16(20)29-15)17(18(21,22)23)5-12(26-7-17)11-1-2-14(13(6-24)28-11)30-9-25-8-27-30/h1-4,7-9,12H,5H2. The van der Waals surface area contributed by atoms with Crippen LogP contribution in [0.2, 0.25) is 10.3 Å². The van der Waals surface area contributed by atoms with E-state index in [4.69, 9.17) is 23.2 Å². The van der Waals surface area contributed by atoms with Crippen molar-refractivity contribution >= 4 is 29.4 Å². The average Bonchev–Trinajstić information content (AvgIpc) is 3.37. The fourth-order valence-corrected chi connectivity index (χ4v) is 3.79. The van der Waals surface area contributed by atoms with E-state index in [1.54, 1.807) is 6.07 Å². The Labute approximate surface area is 177 Å². The van der Waals surface area contributed by atoms with E-state index in [0.29, 0.717) is 5.69 Å². The molecular formula is C18H10Cl2F3N7. The Kier molecular flexibility index (Phi) is 4.95. The van der Waals surface area contributed by atoms with Crippen LogP contribution in [0.5, 0.6) is 0 Å². The zero-order valence-electron chi connectivity index (χ0n) is 14.8. The number of aliphatic imine (C=N–C) groups is 1. The lowest BCUT2D eigenvalue weighted by Crippen LogP contribution is -2.42. The van der Waals surface area contributed by atoms with Crippen molar-refractivity contribution in [2.45, 2.75) is 24.1 Å². The lowest BCUT2D eigenvalue weighted by atomic mass is 9.77. The zero-order chi connectivity index (χ0) is 21.5. The van der Waals surface area contributed by atoms with Crippen LogP contribution in [-0.4, -0.2) is 37.1 Å². The molecule has 3 aromatic heterocycles. The molecule has 0 bridgehead atoms. The second-order valence-electron chi connectivity index (χ2n) is 6.52. The second kappa shape index (κ2) is 7.34. The smallest absolute Gasteiger partial charge is 0.286 e. The summed E-state index contributed by atoms with van der Waals surface area (Å²) in [6, 6.07) is 6.30. The topological polar surface area (TPSA) is 92.6 Å². The first-order valence-corrected chi connectivity index (χ1v) is 9.20. The van der Waals surface area contributed by atoms with Gasteiger partial charge in [-0.3, -0.25) is 4.99 Å². The fraction of sp³-hybridized carbons (Fsp3) is 0.222.